The highest BCUT2D eigenvalue weighted by molar-refractivity contribution is 6.30. The number of imidazole rings is 1. The fourth-order valence-corrected chi connectivity index (χ4v) is 3.58. The minimum atomic E-state index is 0.160. The first-order chi connectivity index (χ1) is 12.2. The van der Waals surface area contributed by atoms with Crippen LogP contribution in [0.15, 0.2) is 36.7 Å². The fraction of sp³-hybridized carbons (Fsp3) is 0.389. The van der Waals surface area contributed by atoms with Crippen LogP contribution < -0.4 is 0 Å². The first-order valence-electron chi connectivity index (χ1n) is 8.59. The number of likely N-dealkylation sites (tertiary alicyclic amines) is 1. The molecular formula is C18H20ClN5O. The lowest BCUT2D eigenvalue weighted by atomic mass is 9.97. The van der Waals surface area contributed by atoms with E-state index >= 15 is 0 Å². The van der Waals surface area contributed by atoms with E-state index in [-0.39, 0.29) is 11.8 Å². The van der Waals surface area contributed by atoms with Crippen molar-refractivity contribution in [3.8, 4) is 0 Å². The molecule has 3 heterocycles. The molecule has 3 aromatic rings. The molecule has 4 rings (SSSR count). The smallest absolute Gasteiger partial charge is 0.224 e. The summed E-state index contributed by atoms with van der Waals surface area (Å²) in [6.07, 6.45) is 5.82. The number of carbonyl (C=O) groups excluding carboxylic acids is 1. The van der Waals surface area contributed by atoms with Gasteiger partial charge in [-0.05, 0) is 25.0 Å². The second kappa shape index (κ2) is 6.88. The number of H-pyrrole nitrogens is 1. The molecule has 1 N–H and O–H groups in total. The Hall–Kier alpha value is -2.34. The SMILES string of the molecule is O=C(CCn1cc(Cl)cn1)N1CCC[C@@H](c2nc3ccccc3[nH]2)C1. The van der Waals surface area contributed by atoms with E-state index in [1.54, 1.807) is 17.1 Å². The van der Waals surface area contributed by atoms with E-state index in [9.17, 15) is 4.79 Å². The third kappa shape index (κ3) is 3.54. The number of aromatic amines is 1. The van der Waals surface area contributed by atoms with Crippen LogP contribution in [0.3, 0.4) is 0 Å². The number of amides is 1. The number of nitrogens with zero attached hydrogens (tertiary/aromatic N) is 4. The Kier molecular flexibility index (Phi) is 4.44. The first kappa shape index (κ1) is 16.1. The normalized spacial score (nSPS) is 18.0. The molecule has 1 saturated heterocycles. The van der Waals surface area contributed by atoms with Crippen LogP contribution in [0.25, 0.3) is 11.0 Å². The molecule has 1 aliphatic heterocycles. The van der Waals surface area contributed by atoms with Crippen molar-refractivity contribution in [3.63, 3.8) is 0 Å². The number of halogens is 1. The number of hydrogen-bond acceptors (Lipinski definition) is 3. The molecule has 2 aromatic heterocycles. The average molecular weight is 358 g/mol. The van der Waals surface area contributed by atoms with Crippen LogP contribution in [-0.2, 0) is 11.3 Å². The topological polar surface area (TPSA) is 66.8 Å². The van der Waals surface area contributed by atoms with Crippen LogP contribution >= 0.6 is 11.6 Å². The maximum atomic E-state index is 12.5. The Morgan fingerprint density at radius 1 is 1.36 bits per heavy atom. The molecule has 0 spiro atoms. The zero-order valence-electron chi connectivity index (χ0n) is 13.9. The number of para-hydroxylation sites is 2. The van der Waals surface area contributed by atoms with Gasteiger partial charge in [-0.2, -0.15) is 5.10 Å². The van der Waals surface area contributed by atoms with Gasteiger partial charge < -0.3 is 9.88 Å². The molecule has 0 saturated carbocycles. The summed E-state index contributed by atoms with van der Waals surface area (Å²) in [5.74, 6) is 1.41. The van der Waals surface area contributed by atoms with Gasteiger partial charge in [-0.25, -0.2) is 4.98 Å². The Labute approximate surface area is 150 Å². The molecule has 1 aliphatic rings. The monoisotopic (exact) mass is 357 g/mol. The van der Waals surface area contributed by atoms with E-state index in [1.807, 2.05) is 29.2 Å². The van der Waals surface area contributed by atoms with Gasteiger partial charge in [0.15, 0.2) is 0 Å². The molecular weight excluding hydrogens is 338 g/mol. The zero-order valence-corrected chi connectivity index (χ0v) is 14.6. The molecule has 1 fully saturated rings. The largest absolute Gasteiger partial charge is 0.342 e. The van der Waals surface area contributed by atoms with Gasteiger partial charge in [-0.1, -0.05) is 23.7 Å². The number of aryl methyl sites for hydroxylation is 1. The minimum absolute atomic E-state index is 0.160. The summed E-state index contributed by atoms with van der Waals surface area (Å²) < 4.78 is 1.71. The lowest BCUT2D eigenvalue weighted by Crippen LogP contribution is -2.39. The van der Waals surface area contributed by atoms with E-state index in [1.165, 1.54) is 0 Å². The molecule has 25 heavy (non-hydrogen) atoms. The summed E-state index contributed by atoms with van der Waals surface area (Å²) in [6, 6.07) is 8.04. The first-order valence-corrected chi connectivity index (χ1v) is 8.97. The number of hydrogen-bond donors (Lipinski definition) is 1. The summed E-state index contributed by atoms with van der Waals surface area (Å²) >= 11 is 5.86. The standard InChI is InChI=1S/C18H20ClN5O/c19-14-10-20-24(12-14)9-7-17(25)23-8-3-4-13(11-23)18-21-15-5-1-2-6-16(15)22-18/h1-2,5-6,10,12-13H,3-4,7-9,11H2,(H,21,22)/t13-/m1/s1. The predicted octanol–water partition coefficient (Wildman–Crippen LogP) is 3.21. The molecule has 7 heteroatoms. The summed E-state index contributed by atoms with van der Waals surface area (Å²) in [5.41, 5.74) is 2.04. The Balaban J connectivity index is 1.40. The van der Waals surface area contributed by atoms with Gasteiger partial charge in [-0.3, -0.25) is 9.48 Å². The van der Waals surface area contributed by atoms with Crippen LogP contribution in [0.5, 0.6) is 0 Å². The van der Waals surface area contributed by atoms with Crippen LogP contribution in [0.2, 0.25) is 5.02 Å². The number of piperidine rings is 1. The lowest BCUT2D eigenvalue weighted by Gasteiger charge is -2.32. The van der Waals surface area contributed by atoms with Crippen molar-refractivity contribution in [1.29, 1.82) is 0 Å². The number of aromatic nitrogens is 4. The van der Waals surface area contributed by atoms with Crippen molar-refractivity contribution < 1.29 is 4.79 Å². The highest BCUT2D eigenvalue weighted by atomic mass is 35.5. The van der Waals surface area contributed by atoms with Gasteiger partial charge in [0.05, 0.1) is 22.3 Å². The van der Waals surface area contributed by atoms with Crippen LogP contribution in [0.4, 0.5) is 0 Å². The van der Waals surface area contributed by atoms with E-state index in [2.05, 4.69) is 10.1 Å². The van der Waals surface area contributed by atoms with Crippen molar-refractivity contribution in [2.24, 2.45) is 0 Å². The van der Waals surface area contributed by atoms with Crippen LogP contribution in [0.1, 0.15) is 31.0 Å². The predicted molar refractivity (Wildman–Crippen MR) is 96.5 cm³/mol. The number of rotatable bonds is 4. The van der Waals surface area contributed by atoms with Gasteiger partial charge in [0.2, 0.25) is 5.91 Å². The van der Waals surface area contributed by atoms with Crippen molar-refractivity contribution in [2.75, 3.05) is 13.1 Å². The average Bonchev–Trinajstić information content (AvgIpc) is 3.25. The van der Waals surface area contributed by atoms with Crippen molar-refractivity contribution in [2.45, 2.75) is 31.7 Å². The van der Waals surface area contributed by atoms with Crippen molar-refractivity contribution in [1.82, 2.24) is 24.6 Å². The maximum Gasteiger partial charge on any atom is 0.224 e. The summed E-state index contributed by atoms with van der Waals surface area (Å²) in [6.45, 7) is 2.09. The Morgan fingerprint density at radius 3 is 3.04 bits per heavy atom. The third-order valence-electron chi connectivity index (χ3n) is 4.72. The second-order valence-electron chi connectivity index (χ2n) is 6.49. The number of carbonyl (C=O) groups is 1. The number of nitrogens with one attached hydrogen (secondary N) is 1. The fourth-order valence-electron chi connectivity index (χ4n) is 3.42. The zero-order chi connectivity index (χ0) is 17.2. The van der Waals surface area contributed by atoms with E-state index in [0.29, 0.717) is 18.0 Å². The Bertz CT molecular complexity index is 853. The minimum Gasteiger partial charge on any atom is -0.342 e. The van der Waals surface area contributed by atoms with E-state index < -0.39 is 0 Å². The maximum absolute atomic E-state index is 12.5. The molecule has 1 aromatic carbocycles. The molecule has 0 unspecified atom stereocenters. The quantitative estimate of drug-likeness (QED) is 0.779. The highest BCUT2D eigenvalue weighted by Gasteiger charge is 2.26. The second-order valence-corrected chi connectivity index (χ2v) is 6.93. The van der Waals surface area contributed by atoms with Crippen molar-refractivity contribution >= 4 is 28.5 Å². The molecule has 0 aliphatic carbocycles. The van der Waals surface area contributed by atoms with Crippen LogP contribution in [-0.4, -0.2) is 43.6 Å². The Morgan fingerprint density at radius 2 is 2.24 bits per heavy atom. The van der Waals surface area contributed by atoms with Crippen molar-refractivity contribution in [3.05, 3.63) is 47.5 Å². The molecule has 130 valence electrons. The molecule has 1 atom stereocenters. The summed E-state index contributed by atoms with van der Waals surface area (Å²) in [4.78, 5) is 22.6. The van der Waals surface area contributed by atoms with Crippen LogP contribution in [0, 0.1) is 0 Å². The van der Waals surface area contributed by atoms with E-state index in [4.69, 9.17) is 16.6 Å². The summed E-state index contributed by atoms with van der Waals surface area (Å²) in [5, 5.41) is 4.71. The van der Waals surface area contributed by atoms with Gasteiger partial charge in [0.1, 0.15) is 5.82 Å². The van der Waals surface area contributed by atoms with Gasteiger partial charge in [0.25, 0.3) is 0 Å². The lowest BCUT2D eigenvalue weighted by molar-refractivity contribution is -0.132. The third-order valence-corrected chi connectivity index (χ3v) is 4.92. The number of fused-ring (bicyclic) bond motifs is 1. The van der Waals surface area contributed by atoms with Gasteiger partial charge >= 0.3 is 0 Å². The number of benzene rings is 1. The van der Waals surface area contributed by atoms with Gasteiger partial charge in [0, 0.05) is 38.2 Å². The summed E-state index contributed by atoms with van der Waals surface area (Å²) in [7, 11) is 0. The van der Waals surface area contributed by atoms with Gasteiger partial charge in [-0.15, -0.1) is 0 Å². The molecule has 0 bridgehead atoms. The van der Waals surface area contributed by atoms with E-state index in [0.717, 1.165) is 42.8 Å². The molecule has 1 amide bonds. The molecule has 0 radical (unpaired) electrons. The highest BCUT2D eigenvalue weighted by Crippen LogP contribution is 2.27. The molecule has 6 nitrogen and oxygen atoms in total.